The van der Waals surface area contributed by atoms with Crippen molar-refractivity contribution in [2.75, 3.05) is 16.6 Å². The standard InChI is InChI=1S/C16H17ClN2O4S/c1-3-23-16(20)18-12-7-9-13(10-8-12)24(21,22)19-15-6-4-5-14(17)11(15)2/h4-10,19H,3H2,1-2H3,(H,18,20). The number of amides is 1. The zero-order chi connectivity index (χ0) is 17.7. The van der Waals surface area contributed by atoms with Gasteiger partial charge in [0.25, 0.3) is 10.0 Å². The van der Waals surface area contributed by atoms with E-state index in [1.54, 1.807) is 32.0 Å². The van der Waals surface area contributed by atoms with Gasteiger partial charge in [-0.25, -0.2) is 13.2 Å². The maximum Gasteiger partial charge on any atom is 0.411 e. The fourth-order valence-electron chi connectivity index (χ4n) is 1.92. The third-order valence-corrected chi connectivity index (χ3v) is 4.99. The molecule has 0 saturated heterocycles. The van der Waals surface area contributed by atoms with Crippen LogP contribution in [0.15, 0.2) is 47.4 Å². The van der Waals surface area contributed by atoms with Gasteiger partial charge in [-0.1, -0.05) is 17.7 Å². The first-order valence-electron chi connectivity index (χ1n) is 7.15. The molecule has 0 aliphatic carbocycles. The summed E-state index contributed by atoms with van der Waals surface area (Å²) < 4.78 is 32.1. The molecular formula is C16H17ClN2O4S. The Kier molecular flexibility index (Phi) is 5.69. The van der Waals surface area contributed by atoms with Gasteiger partial charge in [0.15, 0.2) is 0 Å². The van der Waals surface area contributed by atoms with Crippen LogP contribution in [0.3, 0.4) is 0 Å². The second-order valence-corrected chi connectivity index (χ2v) is 6.98. The zero-order valence-electron chi connectivity index (χ0n) is 13.2. The molecule has 0 aliphatic heterocycles. The van der Waals surface area contributed by atoms with Crippen molar-refractivity contribution < 1.29 is 17.9 Å². The Balaban J connectivity index is 2.18. The van der Waals surface area contributed by atoms with E-state index in [9.17, 15) is 13.2 Å². The molecule has 24 heavy (non-hydrogen) atoms. The Morgan fingerprint density at radius 1 is 1.17 bits per heavy atom. The SMILES string of the molecule is CCOC(=O)Nc1ccc(S(=O)(=O)Nc2cccc(Cl)c2C)cc1. The third kappa shape index (κ3) is 4.39. The van der Waals surface area contributed by atoms with E-state index in [0.717, 1.165) is 0 Å². The Labute approximate surface area is 145 Å². The van der Waals surface area contributed by atoms with Crippen LogP contribution in [0.5, 0.6) is 0 Å². The molecule has 2 rings (SSSR count). The molecule has 6 nitrogen and oxygen atoms in total. The lowest BCUT2D eigenvalue weighted by Gasteiger charge is -2.12. The highest BCUT2D eigenvalue weighted by molar-refractivity contribution is 7.92. The fourth-order valence-corrected chi connectivity index (χ4v) is 3.22. The molecule has 0 fully saturated rings. The molecule has 0 atom stereocenters. The number of ether oxygens (including phenoxy) is 1. The Morgan fingerprint density at radius 2 is 1.83 bits per heavy atom. The zero-order valence-corrected chi connectivity index (χ0v) is 14.7. The van der Waals surface area contributed by atoms with Gasteiger partial charge in [0, 0.05) is 10.7 Å². The largest absolute Gasteiger partial charge is 0.450 e. The van der Waals surface area contributed by atoms with E-state index in [4.69, 9.17) is 16.3 Å². The first-order chi connectivity index (χ1) is 11.3. The summed E-state index contributed by atoms with van der Waals surface area (Å²) in [7, 11) is -3.76. The van der Waals surface area contributed by atoms with E-state index in [0.29, 0.717) is 22.0 Å². The summed E-state index contributed by atoms with van der Waals surface area (Å²) in [4.78, 5) is 11.4. The first kappa shape index (κ1) is 18.1. The van der Waals surface area contributed by atoms with E-state index >= 15 is 0 Å². The van der Waals surface area contributed by atoms with Gasteiger partial charge in [-0.2, -0.15) is 0 Å². The summed E-state index contributed by atoms with van der Waals surface area (Å²) in [5.74, 6) is 0. The van der Waals surface area contributed by atoms with Crippen molar-refractivity contribution in [2.45, 2.75) is 18.7 Å². The van der Waals surface area contributed by atoms with Gasteiger partial charge in [0.2, 0.25) is 0 Å². The quantitative estimate of drug-likeness (QED) is 0.834. The normalized spacial score (nSPS) is 11.0. The lowest BCUT2D eigenvalue weighted by atomic mass is 10.2. The van der Waals surface area contributed by atoms with Crippen LogP contribution in [-0.2, 0) is 14.8 Å². The molecule has 8 heteroatoms. The molecule has 2 aromatic rings. The summed E-state index contributed by atoms with van der Waals surface area (Å²) in [6.07, 6.45) is -0.596. The van der Waals surface area contributed by atoms with Gasteiger partial charge in [-0.05, 0) is 55.8 Å². The van der Waals surface area contributed by atoms with E-state index < -0.39 is 16.1 Å². The van der Waals surface area contributed by atoms with Crippen LogP contribution in [0.2, 0.25) is 5.02 Å². The van der Waals surface area contributed by atoms with Crippen molar-refractivity contribution in [1.82, 2.24) is 0 Å². The van der Waals surface area contributed by atoms with Crippen LogP contribution in [0.4, 0.5) is 16.2 Å². The highest BCUT2D eigenvalue weighted by Crippen LogP contribution is 2.25. The number of sulfonamides is 1. The number of carbonyl (C=O) groups is 1. The van der Waals surface area contributed by atoms with Crippen LogP contribution in [0.1, 0.15) is 12.5 Å². The third-order valence-electron chi connectivity index (χ3n) is 3.20. The van der Waals surface area contributed by atoms with Crippen LogP contribution >= 0.6 is 11.6 Å². The monoisotopic (exact) mass is 368 g/mol. The molecule has 2 aromatic carbocycles. The summed E-state index contributed by atoms with van der Waals surface area (Å²) in [6, 6.07) is 10.7. The molecule has 1 amide bonds. The number of rotatable bonds is 5. The van der Waals surface area contributed by atoms with Crippen LogP contribution < -0.4 is 10.0 Å². The number of carbonyl (C=O) groups excluding carboxylic acids is 1. The molecule has 0 spiro atoms. The molecule has 2 N–H and O–H groups in total. The van der Waals surface area contributed by atoms with Crippen molar-refractivity contribution in [1.29, 1.82) is 0 Å². The van der Waals surface area contributed by atoms with E-state index in [1.165, 1.54) is 24.3 Å². The van der Waals surface area contributed by atoms with Gasteiger partial charge >= 0.3 is 6.09 Å². The highest BCUT2D eigenvalue weighted by Gasteiger charge is 2.16. The lowest BCUT2D eigenvalue weighted by molar-refractivity contribution is 0.168. The van der Waals surface area contributed by atoms with Gasteiger partial charge in [0.1, 0.15) is 0 Å². The summed E-state index contributed by atoms with van der Waals surface area (Å²) in [5.41, 5.74) is 1.49. The Morgan fingerprint density at radius 3 is 2.46 bits per heavy atom. The van der Waals surface area contributed by atoms with Crippen LogP contribution in [0, 0.1) is 6.92 Å². The Hall–Kier alpha value is -2.25. The first-order valence-corrected chi connectivity index (χ1v) is 9.01. The van der Waals surface area contributed by atoms with Gasteiger partial charge < -0.3 is 4.74 Å². The Bertz CT molecular complexity index is 836. The molecule has 0 aromatic heterocycles. The molecule has 0 saturated carbocycles. The predicted molar refractivity (Wildman–Crippen MR) is 94.1 cm³/mol. The van der Waals surface area contributed by atoms with E-state index in [-0.39, 0.29) is 11.5 Å². The minimum absolute atomic E-state index is 0.0660. The van der Waals surface area contributed by atoms with Crippen LogP contribution in [0.25, 0.3) is 0 Å². The number of anilines is 2. The molecule has 0 heterocycles. The predicted octanol–water partition coefficient (Wildman–Crippen LogP) is 4.02. The lowest BCUT2D eigenvalue weighted by Crippen LogP contribution is -2.15. The molecular weight excluding hydrogens is 352 g/mol. The van der Waals surface area contributed by atoms with Crippen LogP contribution in [-0.4, -0.2) is 21.1 Å². The minimum atomic E-state index is -3.76. The average molecular weight is 369 g/mol. The number of benzene rings is 2. The average Bonchev–Trinajstić information content (AvgIpc) is 2.52. The van der Waals surface area contributed by atoms with E-state index in [1.807, 2.05) is 0 Å². The number of nitrogens with one attached hydrogen (secondary N) is 2. The fraction of sp³-hybridized carbons (Fsp3) is 0.188. The maximum atomic E-state index is 12.4. The smallest absolute Gasteiger partial charge is 0.411 e. The minimum Gasteiger partial charge on any atom is -0.450 e. The molecule has 0 radical (unpaired) electrons. The number of halogens is 1. The second-order valence-electron chi connectivity index (χ2n) is 4.89. The number of hydrogen-bond acceptors (Lipinski definition) is 4. The van der Waals surface area contributed by atoms with Crippen molar-refractivity contribution in [3.8, 4) is 0 Å². The highest BCUT2D eigenvalue weighted by atomic mass is 35.5. The molecule has 0 unspecified atom stereocenters. The van der Waals surface area contributed by atoms with Crippen molar-refractivity contribution in [3.63, 3.8) is 0 Å². The van der Waals surface area contributed by atoms with Crippen molar-refractivity contribution in [2.24, 2.45) is 0 Å². The van der Waals surface area contributed by atoms with Crippen molar-refractivity contribution in [3.05, 3.63) is 53.1 Å². The summed E-state index contributed by atoms with van der Waals surface area (Å²) in [5, 5.41) is 2.97. The topological polar surface area (TPSA) is 84.5 Å². The maximum absolute atomic E-state index is 12.4. The second kappa shape index (κ2) is 7.55. The molecule has 0 bridgehead atoms. The van der Waals surface area contributed by atoms with E-state index in [2.05, 4.69) is 10.0 Å². The van der Waals surface area contributed by atoms with Gasteiger partial charge in [0.05, 0.1) is 17.2 Å². The molecule has 0 aliphatic rings. The summed E-state index contributed by atoms with van der Waals surface area (Å²) in [6.45, 7) is 3.67. The molecule has 128 valence electrons. The number of hydrogen-bond donors (Lipinski definition) is 2. The van der Waals surface area contributed by atoms with Gasteiger partial charge in [-0.3, -0.25) is 10.0 Å². The van der Waals surface area contributed by atoms with Crippen molar-refractivity contribution >= 4 is 39.1 Å². The summed E-state index contributed by atoms with van der Waals surface area (Å²) >= 11 is 6.00. The van der Waals surface area contributed by atoms with Gasteiger partial charge in [-0.15, -0.1) is 0 Å².